The molecule has 3 aliphatic heterocycles. The van der Waals surface area contributed by atoms with E-state index in [2.05, 4.69) is 38.2 Å². The van der Waals surface area contributed by atoms with Crippen LogP contribution in [0.3, 0.4) is 0 Å². The summed E-state index contributed by atoms with van der Waals surface area (Å²) in [7, 11) is 0. The molecular weight excluding hydrogens is 718 g/mol. The highest BCUT2D eigenvalue weighted by Gasteiger charge is 2.51. The van der Waals surface area contributed by atoms with Gasteiger partial charge in [-0.15, -0.1) is 0 Å². The van der Waals surface area contributed by atoms with Crippen LogP contribution in [0.25, 0.3) is 32.9 Å². The number of aryl methyl sites for hydroxylation is 3. The molecule has 2 saturated carbocycles. The number of likely N-dealkylation sites (tertiary alicyclic amines) is 1. The van der Waals surface area contributed by atoms with E-state index in [-0.39, 0.29) is 59.1 Å². The monoisotopic (exact) mass is 756 g/mol. The SMILES string of the molecule is Cc1csnc1C(C)OC1CC(c2cc3c(C)nc4c(F)c(-c5cccc(Cl)c5Cl)c(CCC#N)cc4c3n2C2C3CNC2C3)N(C(=O)C2CC2)C1. The standard InChI is InChI=1S/C40H39Cl2FN6O2S/c1-19-18-52-47-36(19)21(3)51-25-14-31(48(17-25)40(50)22-9-10-22)32-15-27-20(2)46-37-28(39(27)49(32)38-24-13-30(38)45-16-24)12-23(6-5-11-44)33(35(37)43)26-7-4-8-29(41)34(26)42/h4,7-8,12,15,18,21-22,24-25,30-31,38,45H,5-6,9-10,13-14,16-17H2,1-3H3. The number of carbonyl (C=O) groups is 1. The number of hydrogen-bond donors (Lipinski definition) is 1. The lowest BCUT2D eigenvalue weighted by atomic mass is 9.79. The Morgan fingerprint density at radius 2 is 2.04 bits per heavy atom. The molecule has 3 aromatic heterocycles. The molecule has 52 heavy (non-hydrogen) atoms. The van der Waals surface area contributed by atoms with Gasteiger partial charge in [0.1, 0.15) is 5.52 Å². The van der Waals surface area contributed by atoms with Crippen molar-refractivity contribution < 1.29 is 13.9 Å². The predicted molar refractivity (Wildman–Crippen MR) is 202 cm³/mol. The van der Waals surface area contributed by atoms with E-state index in [9.17, 15) is 10.1 Å². The minimum absolute atomic E-state index is 0.0524. The first-order chi connectivity index (χ1) is 25.1. The van der Waals surface area contributed by atoms with Crippen molar-refractivity contribution in [2.45, 2.75) is 89.6 Å². The van der Waals surface area contributed by atoms with Crippen molar-refractivity contribution in [3.8, 4) is 17.2 Å². The lowest BCUT2D eigenvalue weighted by Gasteiger charge is -2.39. The highest BCUT2D eigenvalue weighted by atomic mass is 35.5. The molecule has 3 saturated heterocycles. The van der Waals surface area contributed by atoms with Crippen molar-refractivity contribution in [2.24, 2.45) is 11.8 Å². The number of nitrogens with zero attached hydrogens (tertiary/aromatic N) is 5. The number of amides is 1. The maximum absolute atomic E-state index is 17.2. The van der Waals surface area contributed by atoms with E-state index in [4.69, 9.17) is 32.9 Å². The van der Waals surface area contributed by atoms with Gasteiger partial charge >= 0.3 is 0 Å². The zero-order chi connectivity index (χ0) is 36.0. The van der Waals surface area contributed by atoms with E-state index in [1.54, 1.807) is 18.2 Å². The van der Waals surface area contributed by atoms with Gasteiger partial charge in [-0.3, -0.25) is 4.79 Å². The van der Waals surface area contributed by atoms with Gasteiger partial charge in [-0.05, 0) is 93.2 Å². The van der Waals surface area contributed by atoms with E-state index in [1.165, 1.54) is 11.5 Å². The molecule has 6 heterocycles. The summed E-state index contributed by atoms with van der Waals surface area (Å²) in [5.74, 6) is 0.183. The molecule has 8 nitrogen and oxygen atoms in total. The molecule has 1 N–H and O–H groups in total. The average molecular weight is 758 g/mol. The molecule has 6 atom stereocenters. The number of nitriles is 1. The van der Waals surface area contributed by atoms with E-state index in [0.29, 0.717) is 58.1 Å². The molecule has 0 spiro atoms. The van der Waals surface area contributed by atoms with Gasteiger partial charge in [0.25, 0.3) is 0 Å². The summed E-state index contributed by atoms with van der Waals surface area (Å²) in [6, 6.07) is 11.9. The number of aromatic nitrogens is 3. The average Bonchev–Trinajstić information content (AvgIpc) is 3.56. The molecule has 2 aromatic carbocycles. The third kappa shape index (κ3) is 5.46. The quantitative estimate of drug-likeness (QED) is 0.161. The molecule has 12 heteroatoms. The normalized spacial score (nSPS) is 24.5. The Hall–Kier alpha value is -3.59. The second kappa shape index (κ2) is 13.1. The molecule has 5 aliphatic rings. The molecule has 6 unspecified atom stereocenters. The third-order valence-corrected chi connectivity index (χ3v) is 13.4. The van der Waals surface area contributed by atoms with Crippen LogP contribution < -0.4 is 5.32 Å². The molecule has 268 valence electrons. The fourth-order valence-corrected chi connectivity index (χ4v) is 10.3. The van der Waals surface area contributed by atoms with Gasteiger partial charge in [0.15, 0.2) is 5.82 Å². The van der Waals surface area contributed by atoms with Gasteiger partial charge in [0, 0.05) is 76.6 Å². The molecule has 0 radical (unpaired) electrons. The maximum atomic E-state index is 17.2. The van der Waals surface area contributed by atoms with Crippen molar-refractivity contribution in [2.75, 3.05) is 13.1 Å². The van der Waals surface area contributed by atoms with E-state index < -0.39 is 5.82 Å². The van der Waals surface area contributed by atoms with Crippen molar-refractivity contribution in [3.05, 3.63) is 79.8 Å². The number of ether oxygens (including phenoxy) is 1. The van der Waals surface area contributed by atoms with Gasteiger partial charge in [-0.1, -0.05) is 35.3 Å². The van der Waals surface area contributed by atoms with E-state index in [1.807, 2.05) is 25.3 Å². The summed E-state index contributed by atoms with van der Waals surface area (Å²) in [6.07, 6.45) is 3.75. The highest BCUT2D eigenvalue weighted by molar-refractivity contribution is 7.03. The summed E-state index contributed by atoms with van der Waals surface area (Å²) in [5.41, 5.74) is 6.49. The number of rotatable bonds is 9. The second-order valence-corrected chi connectivity index (χ2v) is 16.5. The number of carbonyl (C=O) groups excluding carboxylic acids is 1. The van der Waals surface area contributed by atoms with Gasteiger partial charge < -0.3 is 19.5 Å². The van der Waals surface area contributed by atoms with Crippen LogP contribution in [0.1, 0.15) is 85.4 Å². The Kier molecular flexibility index (Phi) is 8.59. The van der Waals surface area contributed by atoms with Gasteiger partial charge in [0.05, 0.1) is 51.6 Å². The first kappa shape index (κ1) is 34.2. The first-order valence-corrected chi connectivity index (χ1v) is 19.8. The topological polar surface area (TPSA) is 96.1 Å². The molecule has 5 aromatic rings. The van der Waals surface area contributed by atoms with Crippen LogP contribution in [-0.4, -0.2) is 50.0 Å². The van der Waals surface area contributed by atoms with Crippen LogP contribution >= 0.6 is 34.7 Å². The van der Waals surface area contributed by atoms with Crippen LogP contribution in [-0.2, 0) is 16.0 Å². The molecule has 10 rings (SSSR count). The van der Waals surface area contributed by atoms with Gasteiger partial charge in [-0.25, -0.2) is 9.37 Å². The molecule has 5 fully saturated rings. The summed E-state index contributed by atoms with van der Waals surface area (Å²) in [6.45, 7) is 7.47. The van der Waals surface area contributed by atoms with Gasteiger partial charge in [0.2, 0.25) is 5.91 Å². The fourth-order valence-electron chi connectivity index (χ4n) is 9.13. The van der Waals surface area contributed by atoms with Crippen molar-refractivity contribution >= 4 is 62.4 Å². The Morgan fingerprint density at radius 3 is 2.73 bits per heavy atom. The number of hydrogen-bond acceptors (Lipinski definition) is 7. The van der Waals surface area contributed by atoms with E-state index in [0.717, 1.165) is 53.7 Å². The van der Waals surface area contributed by atoms with Crippen molar-refractivity contribution in [1.29, 1.82) is 5.26 Å². The number of fused-ring (bicyclic) bond motifs is 4. The lowest BCUT2D eigenvalue weighted by molar-refractivity contribution is -0.134. The Labute approximate surface area is 316 Å². The Morgan fingerprint density at radius 1 is 1.21 bits per heavy atom. The minimum atomic E-state index is -0.477. The Balaban J connectivity index is 1.24. The zero-order valence-corrected chi connectivity index (χ0v) is 31.6. The molecule has 2 bridgehead atoms. The summed E-state index contributed by atoms with van der Waals surface area (Å²) in [5, 5.41) is 17.6. The highest BCUT2D eigenvalue weighted by Crippen LogP contribution is 2.51. The lowest BCUT2D eigenvalue weighted by Crippen LogP contribution is -2.41. The third-order valence-electron chi connectivity index (χ3n) is 11.8. The Bertz CT molecular complexity index is 2300. The molecular formula is C40H39Cl2FN6O2S. The predicted octanol–water partition coefficient (Wildman–Crippen LogP) is 9.19. The van der Waals surface area contributed by atoms with Crippen LogP contribution in [0.4, 0.5) is 4.39 Å². The molecule has 1 amide bonds. The van der Waals surface area contributed by atoms with Crippen LogP contribution in [0, 0.1) is 42.8 Å². The smallest absolute Gasteiger partial charge is 0.226 e. The maximum Gasteiger partial charge on any atom is 0.226 e. The van der Waals surface area contributed by atoms with Crippen molar-refractivity contribution in [3.63, 3.8) is 0 Å². The van der Waals surface area contributed by atoms with E-state index >= 15 is 4.39 Å². The minimum Gasteiger partial charge on any atom is -0.367 e. The summed E-state index contributed by atoms with van der Waals surface area (Å²) >= 11 is 14.6. The number of nitrogens with one attached hydrogen (secondary N) is 1. The first-order valence-electron chi connectivity index (χ1n) is 18.2. The van der Waals surface area contributed by atoms with Crippen LogP contribution in [0.5, 0.6) is 0 Å². The number of pyridine rings is 1. The van der Waals surface area contributed by atoms with Crippen LogP contribution in [0.15, 0.2) is 35.7 Å². The van der Waals surface area contributed by atoms with Crippen molar-refractivity contribution in [1.82, 2.24) is 24.1 Å². The van der Waals surface area contributed by atoms with Crippen LogP contribution in [0.2, 0.25) is 10.0 Å². The fraction of sp³-hybridized carbons (Fsp3) is 0.450. The zero-order valence-electron chi connectivity index (χ0n) is 29.3. The second-order valence-electron chi connectivity index (χ2n) is 15.1. The van der Waals surface area contributed by atoms with Gasteiger partial charge in [-0.2, -0.15) is 9.64 Å². The summed E-state index contributed by atoms with van der Waals surface area (Å²) in [4.78, 5) is 21.0. The number of halogens is 3. The summed E-state index contributed by atoms with van der Waals surface area (Å²) < 4.78 is 30.9. The largest absolute Gasteiger partial charge is 0.367 e. The number of benzene rings is 2. The molecule has 2 aliphatic carbocycles.